The first-order chi connectivity index (χ1) is 8.66. The van der Waals surface area contributed by atoms with Gasteiger partial charge in [-0.2, -0.15) is 0 Å². The summed E-state index contributed by atoms with van der Waals surface area (Å²) in [5.41, 5.74) is 1.18. The number of amides is 1. The summed E-state index contributed by atoms with van der Waals surface area (Å²) in [7, 11) is 0. The lowest BCUT2D eigenvalue weighted by Gasteiger charge is -2.01. The summed E-state index contributed by atoms with van der Waals surface area (Å²) in [6, 6.07) is 10.3. The minimum absolute atomic E-state index is 0.0669. The third-order valence-corrected chi connectivity index (χ3v) is 2.36. The molecule has 18 heavy (non-hydrogen) atoms. The monoisotopic (exact) mass is 244 g/mol. The molecule has 1 N–H and O–H groups in total. The molecule has 1 aromatic carbocycles. The van der Waals surface area contributed by atoms with Crippen LogP contribution in [0.15, 0.2) is 40.9 Å². The summed E-state index contributed by atoms with van der Waals surface area (Å²) in [6.07, 6.45) is 0. The Morgan fingerprint density at radius 3 is 2.61 bits per heavy atom. The van der Waals surface area contributed by atoms with Crippen LogP contribution in [0.2, 0.25) is 0 Å². The number of nitrogens with zero attached hydrogens (tertiary/aromatic N) is 1. The number of Topliss-reactive ketones (excluding diaryl/α,β-unsaturated/α-hetero) is 1. The van der Waals surface area contributed by atoms with Gasteiger partial charge in [0.1, 0.15) is 0 Å². The Morgan fingerprint density at radius 1 is 1.28 bits per heavy atom. The first-order valence-corrected chi connectivity index (χ1v) is 5.46. The summed E-state index contributed by atoms with van der Waals surface area (Å²) < 4.78 is 4.79. The standard InChI is InChI=1S/C13H12N2O3/c1-9-7-12(18-15-9)13(17)14-8-11(16)10-5-3-2-4-6-10/h2-7H,8H2,1H3,(H,14,17). The predicted molar refractivity (Wildman–Crippen MR) is 64.3 cm³/mol. The van der Waals surface area contributed by atoms with E-state index in [-0.39, 0.29) is 18.1 Å². The van der Waals surface area contributed by atoms with Gasteiger partial charge in [-0.25, -0.2) is 0 Å². The fraction of sp³-hybridized carbons (Fsp3) is 0.154. The molecule has 5 nitrogen and oxygen atoms in total. The molecule has 0 spiro atoms. The summed E-state index contributed by atoms with van der Waals surface area (Å²) in [5, 5.41) is 6.09. The van der Waals surface area contributed by atoms with Crippen molar-refractivity contribution >= 4 is 11.7 Å². The van der Waals surface area contributed by atoms with Crippen molar-refractivity contribution in [1.82, 2.24) is 10.5 Å². The third kappa shape index (κ3) is 2.82. The van der Waals surface area contributed by atoms with E-state index in [1.807, 2.05) is 6.07 Å². The molecule has 2 rings (SSSR count). The van der Waals surface area contributed by atoms with Crippen molar-refractivity contribution in [2.75, 3.05) is 6.54 Å². The molecule has 0 aliphatic heterocycles. The molecule has 0 bridgehead atoms. The average Bonchev–Trinajstić information content (AvgIpc) is 2.83. The number of ketones is 1. The molecule has 92 valence electrons. The normalized spacial score (nSPS) is 10.1. The van der Waals surface area contributed by atoms with Gasteiger partial charge in [-0.3, -0.25) is 9.59 Å². The Morgan fingerprint density at radius 2 is 2.00 bits per heavy atom. The topological polar surface area (TPSA) is 72.2 Å². The van der Waals surface area contributed by atoms with Crippen LogP contribution >= 0.6 is 0 Å². The Bertz CT molecular complexity index is 561. The molecule has 1 amide bonds. The fourth-order valence-electron chi connectivity index (χ4n) is 1.44. The lowest BCUT2D eigenvalue weighted by Crippen LogP contribution is -2.29. The number of nitrogens with one attached hydrogen (secondary N) is 1. The number of hydrogen-bond acceptors (Lipinski definition) is 4. The van der Waals surface area contributed by atoms with Gasteiger partial charge in [0.15, 0.2) is 5.78 Å². The van der Waals surface area contributed by atoms with Crippen molar-refractivity contribution in [1.29, 1.82) is 0 Å². The van der Waals surface area contributed by atoms with Gasteiger partial charge >= 0.3 is 0 Å². The van der Waals surface area contributed by atoms with Crippen molar-refractivity contribution in [3.05, 3.63) is 53.4 Å². The lowest BCUT2D eigenvalue weighted by atomic mass is 10.1. The Kier molecular flexibility index (Phi) is 3.52. The smallest absolute Gasteiger partial charge is 0.290 e. The second-order valence-corrected chi connectivity index (χ2v) is 3.80. The van der Waals surface area contributed by atoms with Crippen molar-refractivity contribution in [3.8, 4) is 0 Å². The van der Waals surface area contributed by atoms with Crippen LogP contribution in [0.1, 0.15) is 26.6 Å². The van der Waals surface area contributed by atoms with E-state index in [0.29, 0.717) is 11.3 Å². The molecular formula is C13H12N2O3. The number of aromatic nitrogens is 1. The molecule has 0 aliphatic carbocycles. The quantitative estimate of drug-likeness (QED) is 0.829. The molecule has 0 fully saturated rings. The van der Waals surface area contributed by atoms with E-state index in [9.17, 15) is 9.59 Å². The van der Waals surface area contributed by atoms with Crippen LogP contribution in [0, 0.1) is 6.92 Å². The first kappa shape index (κ1) is 12.0. The largest absolute Gasteiger partial charge is 0.351 e. The van der Waals surface area contributed by atoms with Crippen LogP contribution in [0.25, 0.3) is 0 Å². The minimum atomic E-state index is -0.445. The Balaban J connectivity index is 1.92. The Labute approximate surface area is 104 Å². The van der Waals surface area contributed by atoms with Gasteiger partial charge in [-0.15, -0.1) is 0 Å². The maximum Gasteiger partial charge on any atom is 0.290 e. The van der Waals surface area contributed by atoms with Crippen LogP contribution in [0.4, 0.5) is 0 Å². The zero-order valence-corrected chi connectivity index (χ0v) is 9.84. The molecule has 1 heterocycles. The van der Waals surface area contributed by atoms with Gasteiger partial charge in [0.25, 0.3) is 5.91 Å². The maximum atomic E-state index is 11.7. The number of aryl methyl sites for hydroxylation is 1. The van der Waals surface area contributed by atoms with E-state index in [1.54, 1.807) is 31.2 Å². The predicted octanol–water partition coefficient (Wildman–Crippen LogP) is 1.60. The summed E-state index contributed by atoms with van der Waals surface area (Å²) in [6.45, 7) is 1.65. The molecule has 0 unspecified atom stereocenters. The van der Waals surface area contributed by atoms with E-state index in [0.717, 1.165) is 0 Å². The molecule has 1 aromatic heterocycles. The molecule has 0 saturated carbocycles. The lowest BCUT2D eigenvalue weighted by molar-refractivity contribution is 0.0878. The van der Waals surface area contributed by atoms with Crippen LogP contribution in [-0.2, 0) is 0 Å². The van der Waals surface area contributed by atoms with Crippen LogP contribution < -0.4 is 5.32 Å². The van der Waals surface area contributed by atoms with Crippen LogP contribution in [0.5, 0.6) is 0 Å². The molecule has 0 atom stereocenters. The van der Waals surface area contributed by atoms with E-state index < -0.39 is 5.91 Å². The number of hydrogen-bond donors (Lipinski definition) is 1. The highest BCUT2D eigenvalue weighted by Crippen LogP contribution is 2.02. The number of carbonyl (C=O) groups excluding carboxylic acids is 2. The zero-order chi connectivity index (χ0) is 13.0. The van der Waals surface area contributed by atoms with E-state index >= 15 is 0 Å². The van der Waals surface area contributed by atoms with E-state index in [1.165, 1.54) is 6.07 Å². The van der Waals surface area contributed by atoms with Gasteiger partial charge in [0.05, 0.1) is 12.2 Å². The molecule has 0 saturated heterocycles. The second-order valence-electron chi connectivity index (χ2n) is 3.80. The fourth-order valence-corrected chi connectivity index (χ4v) is 1.44. The van der Waals surface area contributed by atoms with Gasteiger partial charge in [0.2, 0.25) is 5.76 Å². The number of rotatable bonds is 4. The first-order valence-electron chi connectivity index (χ1n) is 5.46. The summed E-state index contributed by atoms with van der Waals surface area (Å²) in [4.78, 5) is 23.3. The highest BCUT2D eigenvalue weighted by Gasteiger charge is 2.13. The number of benzene rings is 1. The minimum Gasteiger partial charge on any atom is -0.351 e. The van der Waals surface area contributed by atoms with Crippen LogP contribution in [0.3, 0.4) is 0 Å². The van der Waals surface area contributed by atoms with Crippen molar-refractivity contribution in [3.63, 3.8) is 0 Å². The number of carbonyl (C=O) groups is 2. The zero-order valence-electron chi connectivity index (χ0n) is 9.84. The Hall–Kier alpha value is -2.43. The summed E-state index contributed by atoms with van der Waals surface area (Å²) >= 11 is 0. The second kappa shape index (κ2) is 5.27. The van der Waals surface area contributed by atoms with E-state index in [2.05, 4.69) is 10.5 Å². The van der Waals surface area contributed by atoms with E-state index in [4.69, 9.17) is 4.52 Å². The van der Waals surface area contributed by atoms with Gasteiger partial charge in [-0.1, -0.05) is 35.5 Å². The molecular weight excluding hydrogens is 232 g/mol. The maximum absolute atomic E-state index is 11.7. The molecule has 0 aliphatic rings. The highest BCUT2D eigenvalue weighted by molar-refractivity contribution is 6.01. The molecule has 2 aromatic rings. The summed E-state index contributed by atoms with van der Waals surface area (Å²) in [5.74, 6) is -0.492. The third-order valence-electron chi connectivity index (χ3n) is 2.36. The van der Waals surface area contributed by atoms with Crippen molar-refractivity contribution in [2.24, 2.45) is 0 Å². The average molecular weight is 244 g/mol. The van der Waals surface area contributed by atoms with Gasteiger partial charge < -0.3 is 9.84 Å². The van der Waals surface area contributed by atoms with Crippen molar-refractivity contribution in [2.45, 2.75) is 6.92 Å². The van der Waals surface area contributed by atoms with Crippen molar-refractivity contribution < 1.29 is 14.1 Å². The van der Waals surface area contributed by atoms with Crippen LogP contribution in [-0.4, -0.2) is 23.4 Å². The SMILES string of the molecule is Cc1cc(C(=O)NCC(=O)c2ccccc2)on1. The van der Waals surface area contributed by atoms with Gasteiger partial charge in [0, 0.05) is 11.6 Å². The van der Waals surface area contributed by atoms with Gasteiger partial charge in [-0.05, 0) is 6.92 Å². The highest BCUT2D eigenvalue weighted by atomic mass is 16.5. The molecule has 5 heteroatoms. The molecule has 0 radical (unpaired) electrons.